The predicted molar refractivity (Wildman–Crippen MR) is 101 cm³/mol. The number of nitrogens with zero attached hydrogens (tertiary/aromatic N) is 1. The van der Waals surface area contributed by atoms with Crippen LogP contribution in [0.2, 0.25) is 0 Å². The molecule has 2 atom stereocenters. The number of carbonyl (C=O) groups excluding carboxylic acids is 1. The molecule has 0 saturated carbocycles. The van der Waals surface area contributed by atoms with Crippen molar-refractivity contribution < 1.29 is 28.5 Å². The molecule has 1 aliphatic rings. The van der Waals surface area contributed by atoms with Crippen molar-refractivity contribution in [2.24, 2.45) is 5.73 Å². The van der Waals surface area contributed by atoms with E-state index in [0.29, 0.717) is 35.1 Å². The van der Waals surface area contributed by atoms with E-state index >= 15 is 0 Å². The van der Waals surface area contributed by atoms with Gasteiger partial charge in [-0.15, -0.1) is 0 Å². The van der Waals surface area contributed by atoms with Gasteiger partial charge in [0.15, 0.2) is 23.0 Å². The second-order valence-electron chi connectivity index (χ2n) is 6.45. The first-order valence-corrected chi connectivity index (χ1v) is 8.81. The third-order valence-electron chi connectivity index (χ3n) is 4.60. The normalized spacial score (nSPS) is 18.8. The number of aliphatic hydroxyl groups excluding tert-OH is 1. The van der Waals surface area contributed by atoms with E-state index in [-0.39, 0.29) is 19.0 Å². The highest BCUT2D eigenvalue weighted by molar-refractivity contribution is 5.95. The van der Waals surface area contributed by atoms with E-state index in [9.17, 15) is 14.3 Å². The Hall–Kier alpha value is -2.84. The van der Waals surface area contributed by atoms with Crippen LogP contribution in [0.3, 0.4) is 0 Å². The summed E-state index contributed by atoms with van der Waals surface area (Å²) in [6, 6.07) is 10.0. The number of nitrogens with two attached hydrogens (primary N) is 1. The van der Waals surface area contributed by atoms with Crippen LogP contribution in [-0.2, 0) is 6.54 Å². The fourth-order valence-corrected chi connectivity index (χ4v) is 3.02. The molecule has 7 nitrogen and oxygen atoms in total. The Morgan fingerprint density at radius 3 is 2.32 bits per heavy atom. The van der Waals surface area contributed by atoms with Crippen molar-refractivity contribution in [2.75, 3.05) is 27.3 Å². The van der Waals surface area contributed by atoms with Gasteiger partial charge in [-0.05, 0) is 35.9 Å². The van der Waals surface area contributed by atoms with Gasteiger partial charge in [0.2, 0.25) is 0 Å². The zero-order valence-corrected chi connectivity index (χ0v) is 15.7. The number of rotatable bonds is 6. The number of β-amino-alcohol motifs (C(OH)–C–C–N with tert-alkyl or cyclic N) is 1. The molecule has 3 rings (SSSR count). The lowest BCUT2D eigenvalue weighted by Crippen LogP contribution is -2.29. The van der Waals surface area contributed by atoms with E-state index in [1.807, 2.05) is 6.07 Å². The Kier molecular flexibility index (Phi) is 6.01. The molecule has 3 N–H and O–H groups in total. The average Bonchev–Trinajstić information content (AvgIpc) is 3.06. The summed E-state index contributed by atoms with van der Waals surface area (Å²) < 4.78 is 30.1. The molecule has 1 saturated heterocycles. The van der Waals surface area contributed by atoms with Crippen LogP contribution in [-0.4, -0.2) is 55.5 Å². The molecule has 1 amide bonds. The molecule has 8 heteroatoms. The van der Waals surface area contributed by atoms with Gasteiger partial charge < -0.3 is 30.0 Å². The number of aliphatic hydroxyl groups is 1. The average molecular weight is 390 g/mol. The molecule has 0 radical (unpaired) electrons. The minimum Gasteiger partial charge on any atom is -0.493 e. The highest BCUT2D eigenvalue weighted by Gasteiger charge is 2.34. The minimum atomic E-state index is -1.43. The molecule has 1 fully saturated rings. The number of hydrogen-bond donors (Lipinski definition) is 2. The molecule has 28 heavy (non-hydrogen) atoms. The number of likely N-dealkylation sites (tertiary alicyclic amines) is 1. The number of carbonyl (C=O) groups is 1. The topological polar surface area (TPSA) is 94.3 Å². The van der Waals surface area contributed by atoms with Gasteiger partial charge in [-0.3, -0.25) is 4.79 Å². The van der Waals surface area contributed by atoms with Crippen molar-refractivity contribution in [3.8, 4) is 23.0 Å². The van der Waals surface area contributed by atoms with Crippen molar-refractivity contribution in [3.05, 3.63) is 47.5 Å². The summed E-state index contributed by atoms with van der Waals surface area (Å²) in [6.07, 6.45) is -2.59. The second kappa shape index (κ2) is 8.45. The predicted octanol–water partition coefficient (Wildman–Crippen LogP) is 2.11. The molecule has 2 aromatic rings. The first kappa shape index (κ1) is 19.9. The summed E-state index contributed by atoms with van der Waals surface area (Å²) in [7, 11) is 2.99. The molecule has 1 aliphatic heterocycles. The van der Waals surface area contributed by atoms with Crippen LogP contribution in [0.5, 0.6) is 23.0 Å². The molecule has 150 valence electrons. The Bertz CT molecular complexity index is 850. The molecule has 0 bridgehead atoms. The first-order valence-electron chi connectivity index (χ1n) is 8.81. The molecular formula is C20H23FN2O5. The van der Waals surface area contributed by atoms with E-state index < -0.39 is 12.3 Å². The van der Waals surface area contributed by atoms with E-state index in [2.05, 4.69) is 0 Å². The van der Waals surface area contributed by atoms with Crippen LogP contribution >= 0.6 is 0 Å². The van der Waals surface area contributed by atoms with Crippen LogP contribution in [0.1, 0.15) is 15.9 Å². The zero-order chi connectivity index (χ0) is 20.3. The van der Waals surface area contributed by atoms with Crippen LogP contribution < -0.4 is 19.9 Å². The summed E-state index contributed by atoms with van der Waals surface area (Å²) in [5.74, 6) is 1.34. The maximum absolute atomic E-state index is 13.5. The Morgan fingerprint density at radius 1 is 1.11 bits per heavy atom. The van der Waals surface area contributed by atoms with Gasteiger partial charge in [-0.25, -0.2) is 4.39 Å². The molecule has 0 aliphatic carbocycles. The summed E-state index contributed by atoms with van der Waals surface area (Å²) in [5, 5.41) is 9.53. The Labute approximate surface area is 162 Å². The van der Waals surface area contributed by atoms with Crippen LogP contribution in [0.15, 0.2) is 36.4 Å². The maximum atomic E-state index is 13.5. The van der Waals surface area contributed by atoms with Gasteiger partial charge in [-0.1, -0.05) is 6.07 Å². The fourth-order valence-electron chi connectivity index (χ4n) is 3.02. The second-order valence-corrected chi connectivity index (χ2v) is 6.45. The maximum Gasteiger partial charge on any atom is 0.254 e. The van der Waals surface area contributed by atoms with Gasteiger partial charge in [0.05, 0.1) is 20.8 Å². The highest BCUT2D eigenvalue weighted by Crippen LogP contribution is 2.37. The van der Waals surface area contributed by atoms with Crippen LogP contribution in [0.4, 0.5) is 4.39 Å². The standard InChI is InChI=1S/C20H23FN2O5/c1-26-18-7-12(9-22)3-5-16(18)28-17-6-4-13(8-19(17)27-2)20(25)23-10-14(21)15(24)11-23/h3-8,14-15,24H,9-11,22H2,1-2H3/t14-,15-/m1/s1. The number of ether oxygens (including phenoxy) is 3. The number of hydrogen-bond acceptors (Lipinski definition) is 6. The monoisotopic (exact) mass is 390 g/mol. The van der Waals surface area contributed by atoms with Gasteiger partial charge in [-0.2, -0.15) is 0 Å². The number of halogens is 1. The zero-order valence-electron chi connectivity index (χ0n) is 15.7. The van der Waals surface area contributed by atoms with Gasteiger partial charge in [0, 0.05) is 18.7 Å². The molecule has 0 unspecified atom stereocenters. The van der Waals surface area contributed by atoms with Gasteiger partial charge >= 0.3 is 0 Å². The SMILES string of the molecule is COc1cc(CN)ccc1Oc1ccc(C(=O)N2C[C@@H](O)[C@H](F)C2)cc1OC. The van der Waals surface area contributed by atoms with E-state index in [4.69, 9.17) is 19.9 Å². The number of alkyl halides is 1. The third-order valence-corrected chi connectivity index (χ3v) is 4.60. The summed E-state index contributed by atoms with van der Waals surface area (Å²) in [4.78, 5) is 13.8. The van der Waals surface area contributed by atoms with Crippen molar-refractivity contribution in [1.82, 2.24) is 4.90 Å². The number of methoxy groups -OCH3 is 2. The third kappa shape index (κ3) is 4.02. The molecule has 2 aromatic carbocycles. The quantitative estimate of drug-likeness (QED) is 0.785. The number of amides is 1. The summed E-state index contributed by atoms with van der Waals surface area (Å²) >= 11 is 0. The van der Waals surface area contributed by atoms with E-state index in [0.717, 1.165) is 5.56 Å². The molecular weight excluding hydrogens is 367 g/mol. The minimum absolute atomic E-state index is 0.0365. The van der Waals surface area contributed by atoms with Crippen molar-refractivity contribution >= 4 is 5.91 Å². The highest BCUT2D eigenvalue weighted by atomic mass is 19.1. The Morgan fingerprint density at radius 2 is 1.75 bits per heavy atom. The molecule has 0 aromatic heterocycles. The van der Waals surface area contributed by atoms with Crippen molar-refractivity contribution in [3.63, 3.8) is 0 Å². The van der Waals surface area contributed by atoms with Crippen molar-refractivity contribution in [2.45, 2.75) is 18.8 Å². The lowest BCUT2D eigenvalue weighted by atomic mass is 10.1. The van der Waals surface area contributed by atoms with Gasteiger partial charge in [0.25, 0.3) is 5.91 Å². The van der Waals surface area contributed by atoms with Crippen LogP contribution in [0.25, 0.3) is 0 Å². The van der Waals surface area contributed by atoms with Crippen LogP contribution in [0, 0.1) is 0 Å². The largest absolute Gasteiger partial charge is 0.493 e. The molecule has 0 spiro atoms. The lowest BCUT2D eigenvalue weighted by Gasteiger charge is -2.17. The Balaban J connectivity index is 1.83. The van der Waals surface area contributed by atoms with Gasteiger partial charge in [0.1, 0.15) is 12.3 Å². The number of benzene rings is 2. The first-order chi connectivity index (χ1) is 13.5. The summed E-state index contributed by atoms with van der Waals surface area (Å²) in [6.45, 7) is 0.207. The van der Waals surface area contributed by atoms with E-state index in [1.165, 1.54) is 25.2 Å². The fraction of sp³-hybridized carbons (Fsp3) is 0.350. The summed E-state index contributed by atoms with van der Waals surface area (Å²) in [5.41, 5.74) is 6.86. The van der Waals surface area contributed by atoms with Crippen molar-refractivity contribution in [1.29, 1.82) is 0 Å². The van der Waals surface area contributed by atoms with E-state index in [1.54, 1.807) is 24.3 Å². The molecule has 1 heterocycles. The smallest absolute Gasteiger partial charge is 0.254 e. The lowest BCUT2D eigenvalue weighted by molar-refractivity contribution is 0.0764.